The van der Waals surface area contributed by atoms with Gasteiger partial charge in [-0.05, 0) is 55.3 Å². The number of methoxy groups -OCH3 is 4. The van der Waals surface area contributed by atoms with Gasteiger partial charge in [0.1, 0.15) is 10.7 Å². The van der Waals surface area contributed by atoms with E-state index in [1.54, 1.807) is 33.8 Å². The lowest BCUT2D eigenvalue weighted by Crippen LogP contribution is -2.27. The first-order valence-electron chi connectivity index (χ1n) is 9.63. The summed E-state index contributed by atoms with van der Waals surface area (Å²) in [5.41, 5.74) is 3.15. The average molecular weight is 443 g/mol. The van der Waals surface area contributed by atoms with Crippen molar-refractivity contribution < 1.29 is 23.7 Å². The fourth-order valence-electron chi connectivity index (χ4n) is 3.29. The quantitative estimate of drug-likeness (QED) is 0.547. The summed E-state index contributed by atoms with van der Waals surface area (Å²) in [6.45, 7) is 3.89. The molecule has 1 atom stereocenters. The summed E-state index contributed by atoms with van der Waals surface area (Å²) in [6, 6.07) is 9.09. The summed E-state index contributed by atoms with van der Waals surface area (Å²) in [6.07, 6.45) is 0. The maximum atomic E-state index is 12.8. The van der Waals surface area contributed by atoms with Gasteiger partial charge in [0.05, 0.1) is 34.5 Å². The smallest absolute Gasteiger partial charge is 0.271 e. The van der Waals surface area contributed by atoms with Gasteiger partial charge in [-0.25, -0.2) is 4.98 Å². The molecule has 8 heteroatoms. The Labute approximate surface area is 185 Å². The zero-order chi connectivity index (χ0) is 22.5. The minimum atomic E-state index is -0.246. The third-order valence-electron chi connectivity index (χ3n) is 4.95. The Morgan fingerprint density at radius 1 is 0.935 bits per heavy atom. The van der Waals surface area contributed by atoms with E-state index in [9.17, 15) is 4.79 Å². The van der Waals surface area contributed by atoms with Crippen molar-refractivity contribution in [1.82, 2.24) is 10.3 Å². The number of aryl methyl sites for hydroxylation is 1. The Morgan fingerprint density at radius 2 is 1.55 bits per heavy atom. The Balaban J connectivity index is 1.79. The van der Waals surface area contributed by atoms with Gasteiger partial charge >= 0.3 is 0 Å². The SMILES string of the molecule is COc1ccc(-c2nc(C(=O)NC(C)c3cc(OC)c(OC)cc3C)cs2)cc1OC. The van der Waals surface area contributed by atoms with E-state index in [4.69, 9.17) is 18.9 Å². The predicted molar refractivity (Wildman–Crippen MR) is 121 cm³/mol. The Bertz CT molecular complexity index is 1080. The van der Waals surface area contributed by atoms with Crippen LogP contribution in [0.4, 0.5) is 0 Å². The molecule has 1 amide bonds. The topological polar surface area (TPSA) is 78.9 Å². The molecule has 0 fully saturated rings. The van der Waals surface area contributed by atoms with Gasteiger partial charge < -0.3 is 24.3 Å². The maximum Gasteiger partial charge on any atom is 0.271 e. The number of nitrogens with zero attached hydrogens (tertiary/aromatic N) is 1. The van der Waals surface area contributed by atoms with E-state index in [0.29, 0.717) is 28.7 Å². The van der Waals surface area contributed by atoms with E-state index in [1.807, 2.05) is 44.2 Å². The van der Waals surface area contributed by atoms with Crippen molar-refractivity contribution in [1.29, 1.82) is 0 Å². The Hall–Kier alpha value is -3.26. The van der Waals surface area contributed by atoms with Crippen LogP contribution in [0.2, 0.25) is 0 Å². The lowest BCUT2D eigenvalue weighted by molar-refractivity contribution is 0.0935. The zero-order valence-corrected chi connectivity index (χ0v) is 19.3. The van der Waals surface area contributed by atoms with Gasteiger partial charge in [-0.15, -0.1) is 11.3 Å². The van der Waals surface area contributed by atoms with Crippen LogP contribution in [0.25, 0.3) is 10.6 Å². The van der Waals surface area contributed by atoms with Crippen molar-refractivity contribution in [2.24, 2.45) is 0 Å². The molecule has 0 aliphatic carbocycles. The van der Waals surface area contributed by atoms with E-state index in [-0.39, 0.29) is 11.9 Å². The van der Waals surface area contributed by atoms with Gasteiger partial charge in [0, 0.05) is 10.9 Å². The minimum Gasteiger partial charge on any atom is -0.493 e. The molecule has 0 bridgehead atoms. The number of thiazole rings is 1. The summed E-state index contributed by atoms with van der Waals surface area (Å²) >= 11 is 1.40. The normalized spacial score (nSPS) is 11.5. The van der Waals surface area contributed by atoms with E-state index >= 15 is 0 Å². The fourth-order valence-corrected chi connectivity index (χ4v) is 4.09. The molecule has 0 spiro atoms. The third kappa shape index (κ3) is 4.74. The van der Waals surface area contributed by atoms with Crippen molar-refractivity contribution in [3.05, 3.63) is 52.5 Å². The van der Waals surface area contributed by atoms with Gasteiger partial charge in [-0.1, -0.05) is 0 Å². The van der Waals surface area contributed by atoms with Crippen molar-refractivity contribution in [2.75, 3.05) is 28.4 Å². The molecule has 2 aromatic carbocycles. The summed E-state index contributed by atoms with van der Waals surface area (Å²) in [5.74, 6) is 2.28. The minimum absolute atomic E-state index is 0.237. The number of carbonyl (C=O) groups excluding carboxylic acids is 1. The average Bonchev–Trinajstić information content (AvgIpc) is 3.28. The highest BCUT2D eigenvalue weighted by atomic mass is 32.1. The van der Waals surface area contributed by atoms with Crippen LogP contribution in [0.3, 0.4) is 0 Å². The Kier molecular flexibility index (Phi) is 7.02. The van der Waals surface area contributed by atoms with Crippen LogP contribution in [0, 0.1) is 6.92 Å². The highest BCUT2D eigenvalue weighted by Gasteiger charge is 2.19. The standard InChI is InChI=1S/C23H26N2O5S/c1-13-9-19(28-4)21(30-6)11-16(13)14(2)24-22(26)17-12-31-23(25-17)15-7-8-18(27-3)20(10-15)29-5/h7-12,14H,1-6H3,(H,24,26). The highest BCUT2D eigenvalue weighted by molar-refractivity contribution is 7.13. The van der Waals surface area contributed by atoms with Gasteiger partial charge in [-0.2, -0.15) is 0 Å². The monoisotopic (exact) mass is 442 g/mol. The number of aromatic nitrogens is 1. The molecule has 0 radical (unpaired) electrons. The molecule has 7 nitrogen and oxygen atoms in total. The second-order valence-electron chi connectivity index (χ2n) is 6.87. The summed E-state index contributed by atoms with van der Waals surface area (Å²) in [4.78, 5) is 17.3. The summed E-state index contributed by atoms with van der Waals surface area (Å²) < 4.78 is 21.4. The van der Waals surface area contributed by atoms with Crippen LogP contribution in [-0.2, 0) is 0 Å². The lowest BCUT2D eigenvalue weighted by atomic mass is 10.0. The molecule has 1 unspecified atom stereocenters. The van der Waals surface area contributed by atoms with Crippen molar-refractivity contribution in [2.45, 2.75) is 19.9 Å². The number of hydrogen-bond acceptors (Lipinski definition) is 7. The molecule has 1 N–H and O–H groups in total. The van der Waals surface area contributed by atoms with Crippen molar-refractivity contribution in [3.8, 4) is 33.6 Å². The van der Waals surface area contributed by atoms with E-state index in [2.05, 4.69) is 10.3 Å². The number of amides is 1. The van der Waals surface area contributed by atoms with Crippen molar-refractivity contribution >= 4 is 17.2 Å². The van der Waals surface area contributed by atoms with Crippen LogP contribution in [0.5, 0.6) is 23.0 Å². The molecular weight excluding hydrogens is 416 g/mol. The third-order valence-corrected chi connectivity index (χ3v) is 5.84. The van der Waals surface area contributed by atoms with Crippen LogP contribution in [-0.4, -0.2) is 39.3 Å². The molecule has 0 aliphatic rings. The second kappa shape index (κ2) is 9.70. The van der Waals surface area contributed by atoms with Crippen LogP contribution in [0.1, 0.15) is 34.6 Å². The Morgan fingerprint density at radius 3 is 2.19 bits per heavy atom. The molecule has 164 valence electrons. The lowest BCUT2D eigenvalue weighted by Gasteiger charge is -2.18. The van der Waals surface area contributed by atoms with E-state index in [1.165, 1.54) is 11.3 Å². The predicted octanol–water partition coefficient (Wildman–Crippen LogP) is 4.64. The number of hydrogen-bond donors (Lipinski definition) is 1. The largest absolute Gasteiger partial charge is 0.493 e. The number of benzene rings is 2. The molecule has 31 heavy (non-hydrogen) atoms. The van der Waals surface area contributed by atoms with E-state index < -0.39 is 0 Å². The first kappa shape index (κ1) is 22.4. The number of rotatable bonds is 8. The summed E-state index contributed by atoms with van der Waals surface area (Å²) in [5, 5.41) is 5.48. The molecule has 1 aromatic heterocycles. The zero-order valence-electron chi connectivity index (χ0n) is 18.4. The first-order chi connectivity index (χ1) is 14.9. The van der Waals surface area contributed by atoms with Crippen LogP contribution in [0.15, 0.2) is 35.7 Å². The van der Waals surface area contributed by atoms with E-state index in [0.717, 1.165) is 21.7 Å². The van der Waals surface area contributed by atoms with Crippen LogP contribution >= 0.6 is 11.3 Å². The number of nitrogens with one attached hydrogen (secondary N) is 1. The molecule has 0 saturated heterocycles. The molecule has 0 saturated carbocycles. The maximum absolute atomic E-state index is 12.8. The molecule has 1 heterocycles. The van der Waals surface area contributed by atoms with Crippen LogP contribution < -0.4 is 24.3 Å². The number of ether oxygens (including phenoxy) is 4. The highest BCUT2D eigenvalue weighted by Crippen LogP contribution is 2.34. The first-order valence-corrected chi connectivity index (χ1v) is 10.5. The molecule has 3 rings (SSSR count). The van der Waals surface area contributed by atoms with Gasteiger partial charge in [0.2, 0.25) is 0 Å². The number of carbonyl (C=O) groups is 1. The van der Waals surface area contributed by atoms with Gasteiger partial charge in [-0.3, -0.25) is 4.79 Å². The fraction of sp³-hybridized carbons (Fsp3) is 0.304. The van der Waals surface area contributed by atoms with Gasteiger partial charge in [0.15, 0.2) is 23.0 Å². The molecule has 3 aromatic rings. The van der Waals surface area contributed by atoms with Crippen molar-refractivity contribution in [3.63, 3.8) is 0 Å². The van der Waals surface area contributed by atoms with Gasteiger partial charge in [0.25, 0.3) is 5.91 Å². The molecule has 0 aliphatic heterocycles. The summed E-state index contributed by atoms with van der Waals surface area (Å²) in [7, 11) is 6.36. The molecular formula is C23H26N2O5S. The second-order valence-corrected chi connectivity index (χ2v) is 7.72.